The lowest BCUT2D eigenvalue weighted by molar-refractivity contribution is 0.403. The van der Waals surface area contributed by atoms with Crippen molar-refractivity contribution < 1.29 is 20.4 Å². The first-order chi connectivity index (χ1) is 12.1. The minimum atomic E-state index is -0.163. The molecule has 2 rings (SSSR count). The fraction of sp³-hybridized carbons (Fsp3) is 0.222. The second-order valence-electron chi connectivity index (χ2n) is 5.11. The SMILES string of the molecule is Oc1cccc(C=NCCSCCN=Cc2cccc(O)c2O)c1O. The van der Waals surface area contributed by atoms with E-state index >= 15 is 0 Å². The van der Waals surface area contributed by atoms with Crippen LogP contribution in [-0.4, -0.2) is 57.5 Å². The number of aliphatic imine (C=N–C) groups is 2. The molecular weight excluding hydrogens is 340 g/mol. The third-order valence-corrected chi connectivity index (χ3v) is 4.22. The molecule has 0 unspecified atom stereocenters. The van der Waals surface area contributed by atoms with E-state index in [-0.39, 0.29) is 23.0 Å². The van der Waals surface area contributed by atoms with E-state index < -0.39 is 0 Å². The van der Waals surface area contributed by atoms with Gasteiger partial charge in [-0.15, -0.1) is 0 Å². The quantitative estimate of drug-likeness (QED) is 0.329. The van der Waals surface area contributed by atoms with Crippen molar-refractivity contribution in [1.29, 1.82) is 0 Å². The van der Waals surface area contributed by atoms with Crippen molar-refractivity contribution in [3.05, 3.63) is 47.5 Å². The van der Waals surface area contributed by atoms with Gasteiger partial charge in [0.15, 0.2) is 23.0 Å². The molecule has 0 saturated carbocycles. The molecule has 0 fully saturated rings. The Labute approximate surface area is 150 Å². The Morgan fingerprint density at radius 1 is 0.720 bits per heavy atom. The minimum absolute atomic E-state index is 0.158. The van der Waals surface area contributed by atoms with Gasteiger partial charge in [0.05, 0.1) is 0 Å². The zero-order valence-electron chi connectivity index (χ0n) is 13.5. The number of nitrogens with zero attached hydrogens (tertiary/aromatic N) is 2. The van der Waals surface area contributed by atoms with Crippen LogP contribution in [0.5, 0.6) is 23.0 Å². The van der Waals surface area contributed by atoms with E-state index in [9.17, 15) is 20.4 Å². The first kappa shape index (κ1) is 18.7. The number of aromatic hydroxyl groups is 4. The largest absolute Gasteiger partial charge is 0.504 e. The smallest absolute Gasteiger partial charge is 0.166 e. The molecule has 25 heavy (non-hydrogen) atoms. The number of rotatable bonds is 8. The molecule has 0 saturated heterocycles. The molecular formula is C18H20N2O4S. The average molecular weight is 360 g/mol. The van der Waals surface area contributed by atoms with Crippen molar-refractivity contribution in [2.45, 2.75) is 0 Å². The molecule has 2 aromatic rings. The Bertz CT molecular complexity index is 699. The Morgan fingerprint density at radius 2 is 1.16 bits per heavy atom. The average Bonchev–Trinajstić information content (AvgIpc) is 2.60. The Kier molecular flexibility index (Phi) is 7.16. The van der Waals surface area contributed by atoms with Crippen molar-refractivity contribution >= 4 is 24.2 Å². The maximum atomic E-state index is 9.63. The number of thioether (sulfide) groups is 1. The molecule has 132 valence electrons. The third-order valence-electron chi connectivity index (χ3n) is 3.28. The Hall–Kier alpha value is -2.67. The molecule has 7 heteroatoms. The highest BCUT2D eigenvalue weighted by Gasteiger charge is 2.03. The van der Waals surface area contributed by atoms with E-state index in [4.69, 9.17) is 0 Å². The van der Waals surface area contributed by atoms with Gasteiger partial charge in [-0.05, 0) is 24.3 Å². The molecule has 0 bridgehead atoms. The fourth-order valence-electron chi connectivity index (χ4n) is 1.97. The van der Waals surface area contributed by atoms with E-state index in [0.29, 0.717) is 24.2 Å². The van der Waals surface area contributed by atoms with Crippen LogP contribution in [0.2, 0.25) is 0 Å². The molecule has 0 aliphatic rings. The summed E-state index contributed by atoms with van der Waals surface area (Å²) in [5.74, 6) is 0.973. The van der Waals surface area contributed by atoms with Crippen LogP contribution in [0, 0.1) is 0 Å². The molecule has 6 nitrogen and oxygen atoms in total. The molecule has 0 atom stereocenters. The van der Waals surface area contributed by atoms with Crippen LogP contribution < -0.4 is 0 Å². The normalized spacial score (nSPS) is 11.5. The van der Waals surface area contributed by atoms with Crippen LogP contribution in [0.15, 0.2) is 46.4 Å². The summed E-state index contributed by atoms with van der Waals surface area (Å²) < 4.78 is 0. The van der Waals surface area contributed by atoms with Gasteiger partial charge >= 0.3 is 0 Å². The molecule has 0 radical (unpaired) electrons. The van der Waals surface area contributed by atoms with Gasteiger partial charge in [-0.2, -0.15) is 11.8 Å². The number of benzene rings is 2. The number of phenolic OH excluding ortho intramolecular Hbond substituents is 4. The van der Waals surface area contributed by atoms with Gasteiger partial charge in [-0.25, -0.2) is 0 Å². The zero-order chi connectivity index (χ0) is 18.1. The van der Waals surface area contributed by atoms with Gasteiger partial charge in [0, 0.05) is 48.2 Å². The molecule has 0 aliphatic heterocycles. The highest BCUT2D eigenvalue weighted by molar-refractivity contribution is 7.99. The number of hydrogen-bond acceptors (Lipinski definition) is 7. The summed E-state index contributed by atoms with van der Waals surface area (Å²) >= 11 is 1.69. The summed E-state index contributed by atoms with van der Waals surface area (Å²) in [6.45, 7) is 1.19. The monoisotopic (exact) mass is 360 g/mol. The summed E-state index contributed by atoms with van der Waals surface area (Å²) in [4.78, 5) is 8.43. The lowest BCUT2D eigenvalue weighted by atomic mass is 10.2. The van der Waals surface area contributed by atoms with E-state index in [2.05, 4.69) is 9.98 Å². The van der Waals surface area contributed by atoms with Crippen LogP contribution in [0.25, 0.3) is 0 Å². The van der Waals surface area contributed by atoms with Crippen molar-refractivity contribution in [3.63, 3.8) is 0 Å². The second-order valence-corrected chi connectivity index (χ2v) is 6.34. The van der Waals surface area contributed by atoms with Gasteiger partial charge in [-0.3, -0.25) is 9.98 Å². The predicted octanol–water partition coefficient (Wildman–Crippen LogP) is 2.78. The molecule has 0 amide bonds. The fourth-order valence-corrected chi connectivity index (χ4v) is 2.64. The van der Waals surface area contributed by atoms with E-state index in [1.807, 2.05) is 0 Å². The summed E-state index contributed by atoms with van der Waals surface area (Å²) in [6.07, 6.45) is 3.08. The first-order valence-corrected chi connectivity index (χ1v) is 8.84. The molecule has 4 N–H and O–H groups in total. The number of hydrogen-bond donors (Lipinski definition) is 4. The minimum Gasteiger partial charge on any atom is -0.504 e. The molecule has 0 spiro atoms. The van der Waals surface area contributed by atoms with Gasteiger partial charge in [0.25, 0.3) is 0 Å². The van der Waals surface area contributed by atoms with Crippen molar-refractivity contribution in [2.24, 2.45) is 9.98 Å². The topological polar surface area (TPSA) is 106 Å². The standard InChI is InChI=1S/C18H20N2O4S/c21-15-5-1-3-13(17(15)23)11-19-7-9-25-10-8-20-12-14-4-2-6-16(22)18(14)24/h1-6,11-12,21-24H,7-10H2. The molecule has 0 heterocycles. The van der Waals surface area contributed by atoms with Gasteiger partial charge in [0.1, 0.15) is 0 Å². The maximum Gasteiger partial charge on any atom is 0.166 e. The Morgan fingerprint density at radius 3 is 1.60 bits per heavy atom. The van der Waals surface area contributed by atoms with Gasteiger partial charge in [0.2, 0.25) is 0 Å². The predicted molar refractivity (Wildman–Crippen MR) is 102 cm³/mol. The summed E-state index contributed by atoms with van der Waals surface area (Å²) in [5, 5.41) is 38.0. The highest BCUT2D eigenvalue weighted by atomic mass is 32.2. The van der Waals surface area contributed by atoms with Crippen LogP contribution in [0.4, 0.5) is 0 Å². The Balaban J connectivity index is 1.65. The summed E-state index contributed by atoms with van der Waals surface area (Å²) in [5.41, 5.74) is 0.973. The number of para-hydroxylation sites is 2. The first-order valence-electron chi connectivity index (χ1n) is 7.69. The van der Waals surface area contributed by atoms with Crippen LogP contribution in [0.1, 0.15) is 11.1 Å². The van der Waals surface area contributed by atoms with Crippen LogP contribution in [-0.2, 0) is 0 Å². The van der Waals surface area contributed by atoms with Crippen molar-refractivity contribution in [2.75, 3.05) is 24.6 Å². The lowest BCUT2D eigenvalue weighted by Crippen LogP contribution is -1.93. The van der Waals surface area contributed by atoms with Gasteiger partial charge < -0.3 is 20.4 Å². The lowest BCUT2D eigenvalue weighted by Gasteiger charge is -2.01. The maximum absolute atomic E-state index is 9.63. The molecule has 2 aromatic carbocycles. The van der Waals surface area contributed by atoms with Gasteiger partial charge in [-0.1, -0.05) is 12.1 Å². The molecule has 0 aromatic heterocycles. The van der Waals surface area contributed by atoms with E-state index in [1.165, 1.54) is 12.1 Å². The molecule has 0 aliphatic carbocycles. The third kappa shape index (κ3) is 5.72. The van der Waals surface area contributed by atoms with E-state index in [0.717, 1.165) is 11.5 Å². The van der Waals surface area contributed by atoms with Crippen molar-refractivity contribution in [1.82, 2.24) is 0 Å². The second kappa shape index (κ2) is 9.58. The summed E-state index contributed by atoms with van der Waals surface area (Å²) in [7, 11) is 0. The highest BCUT2D eigenvalue weighted by Crippen LogP contribution is 2.27. The van der Waals surface area contributed by atoms with Crippen molar-refractivity contribution in [3.8, 4) is 23.0 Å². The summed E-state index contributed by atoms with van der Waals surface area (Å²) in [6, 6.07) is 9.48. The van der Waals surface area contributed by atoms with Crippen LogP contribution in [0.3, 0.4) is 0 Å². The van der Waals surface area contributed by atoms with Crippen LogP contribution >= 0.6 is 11.8 Å². The zero-order valence-corrected chi connectivity index (χ0v) is 14.4. The van der Waals surface area contributed by atoms with E-state index in [1.54, 1.807) is 48.5 Å². The number of phenols is 4.